The van der Waals surface area contributed by atoms with E-state index in [-0.39, 0.29) is 11.1 Å². The van der Waals surface area contributed by atoms with E-state index in [2.05, 4.69) is 15.9 Å². The fourth-order valence-corrected chi connectivity index (χ4v) is 3.03. The van der Waals surface area contributed by atoms with E-state index < -0.39 is 0 Å². The van der Waals surface area contributed by atoms with E-state index in [1.54, 1.807) is 25.3 Å². The van der Waals surface area contributed by atoms with Gasteiger partial charge in [-0.25, -0.2) is 0 Å². The van der Waals surface area contributed by atoms with Crippen molar-refractivity contribution in [1.29, 1.82) is 0 Å². The summed E-state index contributed by atoms with van der Waals surface area (Å²) in [6.07, 6.45) is 1.67. The third-order valence-corrected chi connectivity index (χ3v) is 4.50. The van der Waals surface area contributed by atoms with Crippen molar-refractivity contribution in [3.8, 4) is 11.5 Å². The van der Waals surface area contributed by atoms with Crippen LogP contribution in [0.1, 0.15) is 12.5 Å². The molecule has 0 radical (unpaired) electrons. The smallest absolute Gasteiger partial charge is 0.293 e. The highest BCUT2D eigenvalue weighted by atomic mass is 79.9. The molecule has 1 saturated heterocycles. The first-order valence-electron chi connectivity index (χ1n) is 6.19. The molecular formula is C14H14BrNO4S. The van der Waals surface area contributed by atoms with Crippen LogP contribution >= 0.6 is 27.7 Å². The van der Waals surface area contributed by atoms with Crippen molar-refractivity contribution in [2.75, 3.05) is 20.8 Å². The lowest BCUT2D eigenvalue weighted by Crippen LogP contribution is -2.22. The van der Waals surface area contributed by atoms with Crippen LogP contribution in [0.25, 0.3) is 6.08 Å². The average Bonchev–Trinajstić information content (AvgIpc) is 2.70. The Kier molecular flexibility index (Phi) is 4.95. The van der Waals surface area contributed by atoms with E-state index in [4.69, 9.17) is 9.47 Å². The molecule has 0 bridgehead atoms. The van der Waals surface area contributed by atoms with Gasteiger partial charge in [0.1, 0.15) is 0 Å². The predicted octanol–water partition coefficient (Wildman–Crippen LogP) is 3.52. The number of nitrogens with zero attached hydrogens (tertiary/aromatic N) is 1. The van der Waals surface area contributed by atoms with Crippen LogP contribution in [0.5, 0.6) is 11.5 Å². The summed E-state index contributed by atoms with van der Waals surface area (Å²) in [7, 11) is 3.03. The van der Waals surface area contributed by atoms with Gasteiger partial charge < -0.3 is 9.47 Å². The number of rotatable bonds is 4. The van der Waals surface area contributed by atoms with Crippen LogP contribution in [-0.4, -0.2) is 36.8 Å². The number of halogens is 1. The molecule has 1 aromatic rings. The second-order valence-corrected chi connectivity index (χ2v) is 6.05. The lowest BCUT2D eigenvalue weighted by Gasteiger charge is -2.11. The van der Waals surface area contributed by atoms with Gasteiger partial charge in [-0.15, -0.1) is 0 Å². The summed E-state index contributed by atoms with van der Waals surface area (Å²) in [5.41, 5.74) is 0.748. The highest BCUT2D eigenvalue weighted by molar-refractivity contribution is 9.10. The molecule has 1 aliphatic heterocycles. The molecular weight excluding hydrogens is 358 g/mol. The van der Waals surface area contributed by atoms with E-state index in [1.165, 1.54) is 7.05 Å². The van der Waals surface area contributed by atoms with Crippen molar-refractivity contribution in [2.24, 2.45) is 0 Å². The topological polar surface area (TPSA) is 55.8 Å². The third kappa shape index (κ3) is 3.24. The van der Waals surface area contributed by atoms with Crippen LogP contribution in [0.3, 0.4) is 0 Å². The van der Waals surface area contributed by atoms with E-state index in [9.17, 15) is 9.59 Å². The molecule has 1 aromatic carbocycles. The number of carbonyl (C=O) groups is 2. The summed E-state index contributed by atoms with van der Waals surface area (Å²) in [6, 6.07) is 3.54. The van der Waals surface area contributed by atoms with Gasteiger partial charge in [-0.2, -0.15) is 0 Å². The Bertz CT molecular complexity index is 630. The van der Waals surface area contributed by atoms with Crippen molar-refractivity contribution < 1.29 is 19.1 Å². The zero-order valence-electron chi connectivity index (χ0n) is 11.8. The summed E-state index contributed by atoms with van der Waals surface area (Å²) in [4.78, 5) is 24.9. The fourth-order valence-electron chi connectivity index (χ4n) is 1.78. The largest absolute Gasteiger partial charge is 0.493 e. The van der Waals surface area contributed by atoms with Gasteiger partial charge in [0.25, 0.3) is 11.1 Å². The summed E-state index contributed by atoms with van der Waals surface area (Å²) in [5, 5.41) is -0.277. The second-order valence-electron chi connectivity index (χ2n) is 4.20. The molecule has 5 nitrogen and oxygen atoms in total. The highest BCUT2D eigenvalue weighted by Crippen LogP contribution is 2.37. The van der Waals surface area contributed by atoms with Crippen LogP contribution in [0, 0.1) is 0 Å². The van der Waals surface area contributed by atoms with Crippen molar-refractivity contribution in [2.45, 2.75) is 6.92 Å². The molecule has 0 aromatic heterocycles. The Balaban J connectivity index is 2.43. The number of carbonyl (C=O) groups excluding carboxylic acids is 2. The molecule has 21 heavy (non-hydrogen) atoms. The van der Waals surface area contributed by atoms with Gasteiger partial charge in [-0.3, -0.25) is 14.5 Å². The van der Waals surface area contributed by atoms with Crippen molar-refractivity contribution in [3.63, 3.8) is 0 Å². The first-order valence-corrected chi connectivity index (χ1v) is 7.80. The van der Waals surface area contributed by atoms with Crippen LogP contribution < -0.4 is 9.47 Å². The first kappa shape index (κ1) is 15.9. The maximum Gasteiger partial charge on any atom is 0.293 e. The molecule has 0 N–H and O–H groups in total. The van der Waals surface area contributed by atoms with Crippen molar-refractivity contribution >= 4 is 44.9 Å². The number of amides is 2. The molecule has 0 aliphatic carbocycles. The summed E-state index contributed by atoms with van der Waals surface area (Å²) in [6.45, 7) is 2.38. The molecule has 7 heteroatoms. The van der Waals surface area contributed by atoms with Gasteiger partial charge in [0, 0.05) is 11.5 Å². The summed E-state index contributed by atoms with van der Waals surface area (Å²) in [5.74, 6) is 0.889. The van der Waals surface area contributed by atoms with Gasteiger partial charge in [0.2, 0.25) is 0 Å². The monoisotopic (exact) mass is 371 g/mol. The van der Waals surface area contributed by atoms with Crippen LogP contribution in [-0.2, 0) is 4.79 Å². The minimum Gasteiger partial charge on any atom is -0.493 e. The van der Waals surface area contributed by atoms with Gasteiger partial charge in [-0.1, -0.05) is 15.9 Å². The Labute approximate surface area is 135 Å². The number of benzene rings is 1. The van der Waals surface area contributed by atoms with Crippen LogP contribution in [0.15, 0.2) is 21.5 Å². The van der Waals surface area contributed by atoms with Crippen molar-refractivity contribution in [1.82, 2.24) is 4.90 Å². The minimum absolute atomic E-state index is 0.277. The van der Waals surface area contributed by atoms with E-state index >= 15 is 0 Å². The van der Waals surface area contributed by atoms with Gasteiger partial charge in [0.05, 0.1) is 18.6 Å². The second kappa shape index (κ2) is 6.53. The number of methoxy groups -OCH3 is 1. The maximum absolute atomic E-state index is 11.9. The van der Waals surface area contributed by atoms with Gasteiger partial charge >= 0.3 is 0 Å². The number of imide groups is 1. The predicted molar refractivity (Wildman–Crippen MR) is 85.6 cm³/mol. The lowest BCUT2D eigenvalue weighted by molar-refractivity contribution is -0.121. The Morgan fingerprint density at radius 2 is 2.05 bits per heavy atom. The molecule has 0 atom stereocenters. The number of hydrogen-bond acceptors (Lipinski definition) is 5. The average molecular weight is 372 g/mol. The normalized spacial score (nSPS) is 16.8. The third-order valence-electron chi connectivity index (χ3n) is 2.86. The van der Waals surface area contributed by atoms with Crippen LogP contribution in [0.4, 0.5) is 4.79 Å². The summed E-state index contributed by atoms with van der Waals surface area (Å²) >= 11 is 4.35. The SMILES string of the molecule is CCOc1cc(/C=C2\SC(=O)N(C)C2=O)c(Br)cc1OC. The number of thioether (sulfide) groups is 1. The lowest BCUT2D eigenvalue weighted by atomic mass is 10.2. The maximum atomic E-state index is 11.9. The zero-order chi connectivity index (χ0) is 15.6. The molecule has 0 spiro atoms. The highest BCUT2D eigenvalue weighted by Gasteiger charge is 2.32. The molecule has 1 heterocycles. The number of hydrogen-bond donors (Lipinski definition) is 0. The zero-order valence-corrected chi connectivity index (χ0v) is 14.2. The van der Waals surface area contributed by atoms with Crippen molar-refractivity contribution in [3.05, 3.63) is 27.1 Å². The number of ether oxygens (including phenoxy) is 2. The Hall–Kier alpha value is -1.47. The standard InChI is InChI=1S/C14H14BrNO4S/c1-4-20-11-5-8(9(15)7-10(11)19-3)6-12-13(17)16(2)14(18)21-12/h5-7H,4H2,1-3H3/b12-6-. The van der Waals surface area contributed by atoms with E-state index in [0.29, 0.717) is 23.0 Å². The molecule has 0 unspecified atom stereocenters. The van der Waals surface area contributed by atoms with E-state index in [0.717, 1.165) is 26.7 Å². The Morgan fingerprint density at radius 3 is 2.57 bits per heavy atom. The molecule has 2 amide bonds. The molecule has 1 fully saturated rings. The first-order chi connectivity index (χ1) is 9.97. The molecule has 2 rings (SSSR count). The fraction of sp³-hybridized carbons (Fsp3) is 0.286. The van der Waals surface area contributed by atoms with Crippen LogP contribution in [0.2, 0.25) is 0 Å². The molecule has 0 saturated carbocycles. The minimum atomic E-state index is -0.300. The Morgan fingerprint density at radius 1 is 1.33 bits per heavy atom. The number of likely N-dealkylation sites (N-methyl/N-ethyl adjacent to an activating group) is 1. The quantitative estimate of drug-likeness (QED) is 0.757. The van der Waals surface area contributed by atoms with E-state index in [1.807, 2.05) is 6.92 Å². The summed E-state index contributed by atoms with van der Waals surface area (Å²) < 4.78 is 11.5. The molecule has 112 valence electrons. The van der Waals surface area contributed by atoms with Gasteiger partial charge in [0.15, 0.2) is 11.5 Å². The molecule has 1 aliphatic rings. The van der Waals surface area contributed by atoms with Gasteiger partial charge in [-0.05, 0) is 42.5 Å².